The lowest BCUT2D eigenvalue weighted by Crippen LogP contribution is -2.29. The molecule has 5 rings (SSSR count). The van der Waals surface area contributed by atoms with Gasteiger partial charge < -0.3 is 9.64 Å². The van der Waals surface area contributed by atoms with Gasteiger partial charge in [-0.2, -0.15) is 0 Å². The molecule has 194 valence electrons. The van der Waals surface area contributed by atoms with Crippen molar-refractivity contribution in [3.8, 4) is 5.75 Å². The maximum atomic E-state index is 13.0. The number of esters is 1. The Balaban J connectivity index is 1.31. The van der Waals surface area contributed by atoms with Crippen LogP contribution in [0.1, 0.15) is 32.7 Å². The van der Waals surface area contributed by atoms with Gasteiger partial charge in [0.25, 0.3) is 11.8 Å². The first-order valence-electron chi connectivity index (χ1n) is 11.1. The van der Waals surface area contributed by atoms with Gasteiger partial charge in [0, 0.05) is 23.7 Å². The minimum Gasteiger partial charge on any atom is -0.426 e. The van der Waals surface area contributed by atoms with Gasteiger partial charge in [0.05, 0.1) is 42.8 Å². The summed E-state index contributed by atoms with van der Waals surface area (Å²) in [5, 5.41) is -0.0742. The van der Waals surface area contributed by atoms with Crippen LogP contribution in [0, 0.1) is 12.8 Å². The van der Waals surface area contributed by atoms with E-state index in [9.17, 15) is 19.2 Å². The van der Waals surface area contributed by atoms with Gasteiger partial charge in [0.2, 0.25) is 5.91 Å². The largest absolute Gasteiger partial charge is 0.426 e. The zero-order valence-corrected chi connectivity index (χ0v) is 23.1. The van der Waals surface area contributed by atoms with Gasteiger partial charge in [-0.1, -0.05) is 64.1 Å². The number of fused-ring (bicyclic) bond motifs is 1. The second-order valence-corrected chi connectivity index (χ2v) is 10.6. The van der Waals surface area contributed by atoms with E-state index in [4.69, 9.17) is 62.7 Å². The zero-order valence-electron chi connectivity index (χ0n) is 19.4. The first-order valence-corrected chi connectivity index (χ1v) is 13.0. The van der Waals surface area contributed by atoms with E-state index in [1.807, 2.05) is 6.92 Å². The van der Waals surface area contributed by atoms with E-state index >= 15 is 0 Å². The molecule has 0 bridgehead atoms. The van der Waals surface area contributed by atoms with Gasteiger partial charge in [-0.3, -0.25) is 19.2 Å². The van der Waals surface area contributed by atoms with E-state index in [0.717, 1.165) is 10.5 Å². The molecule has 38 heavy (non-hydrogen) atoms. The molecule has 12 heteroatoms. The summed E-state index contributed by atoms with van der Waals surface area (Å²) in [7, 11) is 0. The van der Waals surface area contributed by atoms with Crippen molar-refractivity contribution in [1.82, 2.24) is 0 Å². The van der Waals surface area contributed by atoms with E-state index in [0.29, 0.717) is 10.7 Å². The zero-order chi connectivity index (χ0) is 27.5. The minimum absolute atomic E-state index is 0.00983. The number of benzene rings is 3. The number of ether oxygens (including phenoxy) is 1. The average molecular weight is 613 g/mol. The molecule has 1 saturated heterocycles. The van der Waals surface area contributed by atoms with Crippen LogP contribution in [-0.2, 0) is 9.59 Å². The van der Waals surface area contributed by atoms with Crippen LogP contribution in [0.4, 0.5) is 11.4 Å². The number of rotatable bonds is 4. The molecule has 0 aromatic heterocycles. The number of amides is 3. The van der Waals surface area contributed by atoms with E-state index in [1.54, 1.807) is 18.2 Å². The highest BCUT2D eigenvalue weighted by atomic mass is 35.5. The fourth-order valence-electron chi connectivity index (χ4n) is 4.31. The smallest absolute Gasteiger partial charge is 0.316 e. The van der Waals surface area contributed by atoms with Crippen LogP contribution < -0.4 is 14.5 Å². The highest BCUT2D eigenvalue weighted by Crippen LogP contribution is 2.45. The molecule has 3 amide bonds. The molecule has 0 unspecified atom stereocenters. The average Bonchev–Trinajstić information content (AvgIpc) is 3.40. The molecule has 1 atom stereocenters. The number of hydrogen-bond acceptors (Lipinski definition) is 5. The van der Waals surface area contributed by atoms with E-state index in [2.05, 4.69) is 0 Å². The number of carbonyl (C=O) groups is 4. The first-order chi connectivity index (χ1) is 18.0. The van der Waals surface area contributed by atoms with Crippen molar-refractivity contribution >= 4 is 93.1 Å². The second kappa shape index (κ2) is 10.1. The summed E-state index contributed by atoms with van der Waals surface area (Å²) in [6, 6.07) is 11.0. The van der Waals surface area contributed by atoms with Crippen molar-refractivity contribution in [3.63, 3.8) is 0 Å². The lowest BCUT2D eigenvalue weighted by molar-refractivity contribution is -0.139. The Morgan fingerprint density at radius 3 is 1.92 bits per heavy atom. The van der Waals surface area contributed by atoms with Gasteiger partial charge in [0.15, 0.2) is 0 Å². The molecule has 1 fully saturated rings. The third-order valence-corrected chi connectivity index (χ3v) is 8.55. The molecule has 2 aliphatic heterocycles. The number of aryl methyl sites for hydroxylation is 1. The summed E-state index contributed by atoms with van der Waals surface area (Å²) in [6.45, 7) is 2.00. The SMILES string of the molecule is Cc1ccc(N2C[C@@H](C(=O)Oc3ccc(N4C(=O)c5c(Cl)c(Cl)c(Cl)c(Cl)c5C4=O)cc3)CC2=O)cc1Cl. The Kier molecular flexibility index (Phi) is 7.09. The second-order valence-electron chi connectivity index (χ2n) is 8.71. The third-order valence-electron chi connectivity index (χ3n) is 6.34. The topological polar surface area (TPSA) is 84.0 Å². The Hall–Kier alpha value is -2.81. The number of halogens is 5. The van der Waals surface area contributed by atoms with Crippen LogP contribution >= 0.6 is 58.0 Å². The van der Waals surface area contributed by atoms with Crippen molar-refractivity contribution < 1.29 is 23.9 Å². The summed E-state index contributed by atoms with van der Waals surface area (Å²) in [5.74, 6) is -2.76. The molecular weight excluding hydrogens is 598 g/mol. The molecule has 0 saturated carbocycles. The van der Waals surface area contributed by atoms with Gasteiger partial charge in [-0.05, 0) is 48.9 Å². The van der Waals surface area contributed by atoms with Crippen molar-refractivity contribution in [2.75, 3.05) is 16.3 Å². The maximum absolute atomic E-state index is 13.0. The van der Waals surface area contributed by atoms with Crippen molar-refractivity contribution in [3.05, 3.63) is 84.3 Å². The Morgan fingerprint density at radius 1 is 0.816 bits per heavy atom. The number of carbonyl (C=O) groups excluding carboxylic acids is 4. The summed E-state index contributed by atoms with van der Waals surface area (Å²) >= 11 is 30.6. The van der Waals surface area contributed by atoms with Gasteiger partial charge >= 0.3 is 5.97 Å². The highest BCUT2D eigenvalue weighted by Gasteiger charge is 2.42. The fourth-order valence-corrected chi connectivity index (χ4v) is 5.50. The maximum Gasteiger partial charge on any atom is 0.316 e. The normalized spacial score (nSPS) is 16.9. The van der Waals surface area contributed by atoms with Gasteiger partial charge in [0.1, 0.15) is 5.75 Å². The third kappa shape index (κ3) is 4.42. The number of hydrogen-bond donors (Lipinski definition) is 0. The van der Waals surface area contributed by atoms with Crippen molar-refractivity contribution in [1.29, 1.82) is 0 Å². The van der Waals surface area contributed by atoms with Crippen molar-refractivity contribution in [2.45, 2.75) is 13.3 Å². The molecule has 3 aromatic rings. The van der Waals surface area contributed by atoms with Crippen LogP contribution in [0.2, 0.25) is 25.1 Å². The Labute approximate surface area is 241 Å². The molecule has 7 nitrogen and oxygen atoms in total. The number of nitrogens with zero attached hydrogens (tertiary/aromatic N) is 2. The molecule has 2 aliphatic rings. The van der Waals surface area contributed by atoms with Crippen LogP contribution in [0.25, 0.3) is 0 Å². The monoisotopic (exact) mass is 610 g/mol. The predicted molar refractivity (Wildman–Crippen MR) is 146 cm³/mol. The molecule has 2 heterocycles. The molecule has 0 spiro atoms. The minimum atomic E-state index is -0.721. The molecular formula is C26H15Cl5N2O5. The summed E-state index contributed by atoms with van der Waals surface area (Å²) in [5.41, 5.74) is 1.39. The molecule has 3 aromatic carbocycles. The van der Waals surface area contributed by atoms with Gasteiger partial charge in [-0.15, -0.1) is 0 Å². The van der Waals surface area contributed by atoms with Crippen LogP contribution in [0.5, 0.6) is 5.75 Å². The lowest BCUT2D eigenvalue weighted by atomic mass is 10.1. The summed E-state index contributed by atoms with van der Waals surface area (Å²) in [4.78, 5) is 53.8. The predicted octanol–water partition coefficient (Wildman–Crippen LogP) is 7.02. The standard InChI is InChI=1S/C26H15Cl5N2O5/c1-11-2-3-14(9-16(11)27)32-10-12(8-17(32)34)26(37)38-15-6-4-13(5-7-15)33-24(35)18-19(25(33)36)21(29)23(31)22(30)20(18)28/h2-7,9,12H,8,10H2,1H3/t12-/m0/s1. The van der Waals surface area contributed by atoms with Crippen LogP contribution in [-0.4, -0.2) is 30.2 Å². The first kappa shape index (κ1) is 26.8. The van der Waals surface area contributed by atoms with E-state index in [-0.39, 0.29) is 61.5 Å². The van der Waals surface area contributed by atoms with Crippen molar-refractivity contribution in [2.24, 2.45) is 5.92 Å². The quantitative estimate of drug-likeness (QED) is 0.104. The van der Waals surface area contributed by atoms with Crippen LogP contribution in [0.3, 0.4) is 0 Å². The van der Waals surface area contributed by atoms with Gasteiger partial charge in [-0.25, -0.2) is 4.90 Å². The van der Waals surface area contributed by atoms with E-state index < -0.39 is 23.7 Å². The summed E-state index contributed by atoms with van der Waals surface area (Å²) in [6.07, 6.45) is -0.00983. The Bertz CT molecular complexity index is 1510. The van der Waals surface area contributed by atoms with Crippen LogP contribution in [0.15, 0.2) is 42.5 Å². The van der Waals surface area contributed by atoms with E-state index in [1.165, 1.54) is 29.2 Å². The lowest BCUT2D eigenvalue weighted by Gasteiger charge is -2.17. The number of anilines is 2. The molecule has 0 aliphatic carbocycles. The Morgan fingerprint density at radius 2 is 1.37 bits per heavy atom. The highest BCUT2D eigenvalue weighted by molar-refractivity contribution is 6.56. The fraction of sp³-hybridized carbons (Fsp3) is 0.154. The summed E-state index contributed by atoms with van der Waals surface area (Å²) < 4.78 is 5.47. The number of imide groups is 1. The molecule has 0 N–H and O–H groups in total. The molecule has 0 radical (unpaired) electrons.